The summed E-state index contributed by atoms with van der Waals surface area (Å²) in [6, 6.07) is 24.3. The Morgan fingerprint density at radius 1 is 1.06 bits per heavy atom. The van der Waals surface area contributed by atoms with E-state index < -0.39 is 0 Å². The molecule has 0 saturated heterocycles. The molecule has 1 amide bonds. The standard InChI is InChI=1S/C26H19ClN2O3S/c1-16-5-11-22-24(13-16)33-26(29-22)17-6-8-19(9-7-17)28-25(30)23-12-10-21(32-23)15-31-20-4-2-3-18(27)14-20/h2-14H,15H2,1H3,(H,28,30). The predicted octanol–water partition coefficient (Wildman–Crippen LogP) is 7.35. The van der Waals surface area contributed by atoms with E-state index in [0.29, 0.717) is 22.2 Å². The molecule has 5 rings (SSSR count). The maximum absolute atomic E-state index is 12.6. The van der Waals surface area contributed by atoms with Crippen molar-refractivity contribution in [2.24, 2.45) is 0 Å². The maximum Gasteiger partial charge on any atom is 0.291 e. The molecule has 0 aliphatic carbocycles. The third kappa shape index (κ3) is 4.92. The number of carbonyl (C=O) groups excluding carboxylic acids is 1. The first-order chi connectivity index (χ1) is 16.0. The molecular formula is C26H19ClN2O3S. The highest BCUT2D eigenvalue weighted by molar-refractivity contribution is 7.21. The Bertz CT molecular complexity index is 1440. The third-order valence-electron chi connectivity index (χ3n) is 5.00. The Morgan fingerprint density at radius 3 is 2.73 bits per heavy atom. The first-order valence-corrected chi connectivity index (χ1v) is 11.5. The number of nitrogens with one attached hydrogen (secondary N) is 1. The van der Waals surface area contributed by atoms with E-state index in [1.165, 1.54) is 5.56 Å². The molecule has 0 fully saturated rings. The second-order valence-corrected chi connectivity index (χ2v) is 9.00. The number of amides is 1. The molecule has 0 unspecified atom stereocenters. The van der Waals surface area contributed by atoms with Crippen LogP contribution in [0, 0.1) is 6.92 Å². The first-order valence-electron chi connectivity index (χ1n) is 10.3. The molecular weight excluding hydrogens is 456 g/mol. The normalized spacial score (nSPS) is 11.0. The zero-order valence-corrected chi connectivity index (χ0v) is 19.2. The van der Waals surface area contributed by atoms with Crippen LogP contribution in [0.2, 0.25) is 5.02 Å². The molecule has 0 bridgehead atoms. The second-order valence-electron chi connectivity index (χ2n) is 7.53. The lowest BCUT2D eigenvalue weighted by molar-refractivity contribution is 0.0992. The molecule has 5 nitrogen and oxygen atoms in total. The number of carbonyl (C=O) groups is 1. The summed E-state index contributed by atoms with van der Waals surface area (Å²) in [7, 11) is 0. The minimum atomic E-state index is -0.327. The topological polar surface area (TPSA) is 64.4 Å². The van der Waals surface area contributed by atoms with Crippen LogP contribution in [0.4, 0.5) is 5.69 Å². The molecule has 2 heterocycles. The molecule has 0 aliphatic heterocycles. The SMILES string of the molecule is Cc1ccc2nc(-c3ccc(NC(=O)c4ccc(COc5cccc(Cl)c5)o4)cc3)sc2c1. The van der Waals surface area contributed by atoms with Crippen molar-refractivity contribution in [3.8, 4) is 16.3 Å². The lowest BCUT2D eigenvalue weighted by atomic mass is 10.2. The lowest BCUT2D eigenvalue weighted by Gasteiger charge is -2.05. The summed E-state index contributed by atoms with van der Waals surface area (Å²) in [5, 5.41) is 4.40. The number of hydrogen-bond acceptors (Lipinski definition) is 5. The average Bonchev–Trinajstić information content (AvgIpc) is 3.45. The van der Waals surface area contributed by atoms with E-state index in [1.807, 2.05) is 42.5 Å². The van der Waals surface area contributed by atoms with Crippen LogP contribution in [0.25, 0.3) is 20.8 Å². The van der Waals surface area contributed by atoms with Crippen LogP contribution in [-0.4, -0.2) is 10.9 Å². The number of ether oxygens (including phenoxy) is 1. The monoisotopic (exact) mass is 474 g/mol. The Kier molecular flexibility index (Phi) is 5.86. The zero-order chi connectivity index (χ0) is 22.8. The van der Waals surface area contributed by atoms with Crippen molar-refractivity contribution in [1.82, 2.24) is 4.98 Å². The second kappa shape index (κ2) is 9.10. The molecule has 0 atom stereocenters. The molecule has 1 N–H and O–H groups in total. The number of anilines is 1. The molecule has 0 radical (unpaired) electrons. The molecule has 164 valence electrons. The zero-order valence-electron chi connectivity index (χ0n) is 17.7. The van der Waals surface area contributed by atoms with Gasteiger partial charge in [0.15, 0.2) is 5.76 Å². The number of aromatic nitrogens is 1. The van der Waals surface area contributed by atoms with Gasteiger partial charge in [-0.3, -0.25) is 4.79 Å². The van der Waals surface area contributed by atoms with Gasteiger partial charge in [-0.2, -0.15) is 0 Å². The van der Waals surface area contributed by atoms with Crippen LogP contribution >= 0.6 is 22.9 Å². The Morgan fingerprint density at radius 2 is 1.91 bits per heavy atom. The van der Waals surface area contributed by atoms with Gasteiger partial charge < -0.3 is 14.5 Å². The Labute approximate surface area is 199 Å². The summed E-state index contributed by atoms with van der Waals surface area (Å²) in [6.07, 6.45) is 0. The van der Waals surface area contributed by atoms with E-state index in [9.17, 15) is 4.79 Å². The summed E-state index contributed by atoms with van der Waals surface area (Å²) in [5.41, 5.74) is 3.89. The molecule has 0 aliphatic rings. The van der Waals surface area contributed by atoms with Crippen LogP contribution in [-0.2, 0) is 6.61 Å². The van der Waals surface area contributed by atoms with Gasteiger partial charge in [0.05, 0.1) is 10.2 Å². The van der Waals surface area contributed by atoms with E-state index in [-0.39, 0.29) is 18.3 Å². The number of fused-ring (bicyclic) bond motifs is 1. The highest BCUT2D eigenvalue weighted by atomic mass is 35.5. The van der Waals surface area contributed by atoms with E-state index >= 15 is 0 Å². The number of aryl methyl sites for hydroxylation is 1. The number of benzene rings is 3. The Balaban J connectivity index is 1.22. The first kappa shape index (κ1) is 21.2. The molecule has 3 aromatic carbocycles. The number of nitrogens with zero attached hydrogens (tertiary/aromatic N) is 1. The van der Waals surface area contributed by atoms with Crippen LogP contribution in [0.3, 0.4) is 0 Å². The van der Waals surface area contributed by atoms with Crippen molar-refractivity contribution in [2.75, 3.05) is 5.32 Å². The van der Waals surface area contributed by atoms with Crippen molar-refractivity contribution in [1.29, 1.82) is 0 Å². The van der Waals surface area contributed by atoms with E-state index in [1.54, 1.807) is 35.6 Å². The van der Waals surface area contributed by atoms with Gasteiger partial charge in [0.1, 0.15) is 23.1 Å². The van der Waals surface area contributed by atoms with Gasteiger partial charge in [0.2, 0.25) is 0 Å². The van der Waals surface area contributed by atoms with Gasteiger partial charge in [0, 0.05) is 16.3 Å². The van der Waals surface area contributed by atoms with Gasteiger partial charge >= 0.3 is 0 Å². The van der Waals surface area contributed by atoms with E-state index in [0.717, 1.165) is 20.8 Å². The number of thiazole rings is 1. The smallest absolute Gasteiger partial charge is 0.291 e. The fourth-order valence-corrected chi connectivity index (χ4v) is 4.58. The van der Waals surface area contributed by atoms with E-state index in [4.69, 9.17) is 25.7 Å². The molecule has 0 spiro atoms. The van der Waals surface area contributed by atoms with Gasteiger partial charge in [-0.25, -0.2) is 4.98 Å². The van der Waals surface area contributed by atoms with E-state index in [2.05, 4.69) is 24.4 Å². The number of hydrogen-bond donors (Lipinski definition) is 1. The molecule has 0 saturated carbocycles. The van der Waals surface area contributed by atoms with Crippen LogP contribution in [0.15, 0.2) is 83.3 Å². The molecule has 33 heavy (non-hydrogen) atoms. The highest BCUT2D eigenvalue weighted by Gasteiger charge is 2.13. The summed E-state index contributed by atoms with van der Waals surface area (Å²) >= 11 is 7.61. The van der Waals surface area contributed by atoms with Crippen molar-refractivity contribution in [2.45, 2.75) is 13.5 Å². The lowest BCUT2D eigenvalue weighted by Crippen LogP contribution is -2.10. The largest absolute Gasteiger partial charge is 0.486 e. The average molecular weight is 475 g/mol. The fourth-order valence-electron chi connectivity index (χ4n) is 3.33. The minimum absolute atomic E-state index is 0.198. The van der Waals surface area contributed by atoms with Gasteiger partial charge in [-0.05, 0) is 79.2 Å². The summed E-state index contributed by atoms with van der Waals surface area (Å²) < 4.78 is 12.4. The van der Waals surface area contributed by atoms with Crippen molar-refractivity contribution in [3.05, 3.63) is 101 Å². The molecule has 2 aromatic heterocycles. The van der Waals surface area contributed by atoms with Crippen LogP contribution in [0.5, 0.6) is 5.75 Å². The van der Waals surface area contributed by atoms with Gasteiger partial charge in [-0.15, -0.1) is 11.3 Å². The molecule has 7 heteroatoms. The minimum Gasteiger partial charge on any atom is -0.486 e. The highest BCUT2D eigenvalue weighted by Crippen LogP contribution is 2.31. The third-order valence-corrected chi connectivity index (χ3v) is 6.30. The molecule has 5 aromatic rings. The Hall–Kier alpha value is -3.61. The number of halogens is 1. The maximum atomic E-state index is 12.6. The number of rotatable bonds is 6. The van der Waals surface area contributed by atoms with Crippen molar-refractivity contribution >= 4 is 44.7 Å². The number of furan rings is 1. The quantitative estimate of drug-likeness (QED) is 0.279. The van der Waals surface area contributed by atoms with Crippen molar-refractivity contribution in [3.63, 3.8) is 0 Å². The van der Waals surface area contributed by atoms with Crippen LogP contribution < -0.4 is 10.1 Å². The fraction of sp³-hybridized carbons (Fsp3) is 0.0769. The summed E-state index contributed by atoms with van der Waals surface area (Å²) in [6.45, 7) is 2.27. The predicted molar refractivity (Wildman–Crippen MR) is 132 cm³/mol. The van der Waals surface area contributed by atoms with Gasteiger partial charge in [-0.1, -0.05) is 23.7 Å². The summed E-state index contributed by atoms with van der Waals surface area (Å²) in [4.78, 5) is 17.3. The van der Waals surface area contributed by atoms with Crippen molar-refractivity contribution < 1.29 is 13.9 Å². The van der Waals surface area contributed by atoms with Gasteiger partial charge in [0.25, 0.3) is 5.91 Å². The van der Waals surface area contributed by atoms with Crippen LogP contribution in [0.1, 0.15) is 21.9 Å². The summed E-state index contributed by atoms with van der Waals surface area (Å²) in [5.74, 6) is 1.06.